The normalized spacial score (nSPS) is 43.2. The van der Waals surface area contributed by atoms with E-state index in [1.54, 1.807) is 0 Å². The van der Waals surface area contributed by atoms with Gasteiger partial charge in [0.2, 0.25) is 0 Å². The minimum Gasteiger partial charge on any atom is -0.475 e. The molecule has 1 saturated heterocycles. The standard InChI is InChI=1S/C23H40N6O2/c1-13(10-26-12-24)22-28-17-5-2-14(8-19(17)30-22)15-3-6-18-20(9-15)31-23(29-18)16-4-7-21(25)27-11-16/h13-21,26-27H,2-12,24-25H2,1H3. The number of hydrogen-bond acceptors (Lipinski definition) is 8. The lowest BCUT2D eigenvalue weighted by Gasteiger charge is -2.39. The second kappa shape index (κ2) is 9.33. The highest BCUT2D eigenvalue weighted by molar-refractivity contribution is 5.81. The van der Waals surface area contributed by atoms with E-state index < -0.39 is 0 Å². The van der Waals surface area contributed by atoms with E-state index in [9.17, 15) is 0 Å². The third kappa shape index (κ3) is 4.63. The Bertz CT molecular complexity index is 692. The fraction of sp³-hybridized carbons (Fsp3) is 0.913. The topological polar surface area (TPSA) is 119 Å². The van der Waals surface area contributed by atoms with Crippen molar-refractivity contribution in [3.8, 4) is 0 Å². The van der Waals surface area contributed by atoms with Crippen molar-refractivity contribution in [3.05, 3.63) is 0 Å². The maximum Gasteiger partial charge on any atom is 0.188 e. The first kappa shape index (κ1) is 21.6. The summed E-state index contributed by atoms with van der Waals surface area (Å²) < 4.78 is 12.8. The van der Waals surface area contributed by atoms with Crippen LogP contribution in [-0.4, -0.2) is 62.0 Å². The van der Waals surface area contributed by atoms with Crippen molar-refractivity contribution in [1.29, 1.82) is 0 Å². The van der Waals surface area contributed by atoms with E-state index in [4.69, 9.17) is 30.9 Å². The molecule has 0 amide bonds. The minimum atomic E-state index is 0.127. The molecule has 174 valence electrons. The van der Waals surface area contributed by atoms with Crippen molar-refractivity contribution in [2.45, 2.75) is 88.7 Å². The molecule has 6 N–H and O–H groups in total. The van der Waals surface area contributed by atoms with Gasteiger partial charge in [0.15, 0.2) is 11.8 Å². The van der Waals surface area contributed by atoms with Gasteiger partial charge in [-0.3, -0.25) is 0 Å². The molecule has 2 aliphatic carbocycles. The third-order valence-electron chi connectivity index (χ3n) is 8.21. The largest absolute Gasteiger partial charge is 0.475 e. The molecule has 0 bridgehead atoms. The zero-order chi connectivity index (χ0) is 21.4. The zero-order valence-electron chi connectivity index (χ0n) is 18.8. The zero-order valence-corrected chi connectivity index (χ0v) is 18.8. The molecule has 0 spiro atoms. The summed E-state index contributed by atoms with van der Waals surface area (Å²) in [5.74, 6) is 4.05. The molecule has 5 aliphatic rings. The van der Waals surface area contributed by atoms with E-state index in [1.807, 2.05) is 0 Å². The summed E-state index contributed by atoms with van der Waals surface area (Å²) in [6.07, 6.45) is 9.87. The smallest absolute Gasteiger partial charge is 0.188 e. The number of piperidine rings is 1. The van der Waals surface area contributed by atoms with Crippen LogP contribution in [0.3, 0.4) is 0 Å². The number of ether oxygens (including phenoxy) is 2. The monoisotopic (exact) mass is 432 g/mol. The highest BCUT2D eigenvalue weighted by atomic mass is 16.5. The van der Waals surface area contributed by atoms with Gasteiger partial charge in [0, 0.05) is 31.6 Å². The van der Waals surface area contributed by atoms with Crippen LogP contribution in [0.2, 0.25) is 0 Å². The second-order valence-corrected chi connectivity index (χ2v) is 10.4. The van der Waals surface area contributed by atoms with Gasteiger partial charge in [0.05, 0.1) is 18.2 Å². The van der Waals surface area contributed by atoms with E-state index in [-0.39, 0.29) is 24.3 Å². The van der Waals surface area contributed by atoms with Gasteiger partial charge in [-0.25, -0.2) is 9.98 Å². The molecule has 31 heavy (non-hydrogen) atoms. The number of rotatable bonds is 6. The Morgan fingerprint density at radius 3 is 2.39 bits per heavy atom. The lowest BCUT2D eigenvalue weighted by Crippen LogP contribution is -2.46. The first-order valence-corrected chi connectivity index (χ1v) is 12.5. The molecular formula is C23H40N6O2. The summed E-state index contributed by atoms with van der Waals surface area (Å²) in [5, 5.41) is 6.58. The summed E-state index contributed by atoms with van der Waals surface area (Å²) in [6, 6.07) is 0.720. The van der Waals surface area contributed by atoms with Gasteiger partial charge in [0.25, 0.3) is 0 Å². The molecular weight excluding hydrogens is 392 g/mol. The summed E-state index contributed by atoms with van der Waals surface area (Å²) in [4.78, 5) is 9.92. The molecule has 0 aromatic heterocycles. The fourth-order valence-corrected chi connectivity index (χ4v) is 6.31. The Morgan fingerprint density at radius 2 is 1.71 bits per heavy atom. The van der Waals surface area contributed by atoms with Gasteiger partial charge >= 0.3 is 0 Å². The van der Waals surface area contributed by atoms with Gasteiger partial charge in [-0.1, -0.05) is 6.92 Å². The lowest BCUT2D eigenvalue weighted by molar-refractivity contribution is 0.0454. The van der Waals surface area contributed by atoms with Crippen molar-refractivity contribution in [1.82, 2.24) is 10.6 Å². The number of nitrogens with two attached hydrogens (primary N) is 2. The molecule has 8 heteroatoms. The van der Waals surface area contributed by atoms with Crippen LogP contribution in [0.25, 0.3) is 0 Å². The van der Waals surface area contributed by atoms with E-state index in [2.05, 4.69) is 17.6 Å². The van der Waals surface area contributed by atoms with E-state index in [1.165, 1.54) is 12.8 Å². The van der Waals surface area contributed by atoms with E-state index in [0.717, 1.165) is 75.2 Å². The van der Waals surface area contributed by atoms with Gasteiger partial charge < -0.3 is 31.6 Å². The van der Waals surface area contributed by atoms with Gasteiger partial charge in [-0.05, 0) is 63.2 Å². The Hall–Kier alpha value is -1.22. The van der Waals surface area contributed by atoms with Crippen molar-refractivity contribution in [2.24, 2.45) is 45.1 Å². The first-order valence-electron chi connectivity index (χ1n) is 12.5. The Morgan fingerprint density at radius 1 is 1.00 bits per heavy atom. The van der Waals surface area contributed by atoms with Gasteiger partial charge in [-0.2, -0.15) is 0 Å². The number of nitrogens with one attached hydrogen (secondary N) is 2. The summed E-state index contributed by atoms with van der Waals surface area (Å²) >= 11 is 0. The molecule has 3 aliphatic heterocycles. The first-order chi connectivity index (χ1) is 15.1. The highest BCUT2D eigenvalue weighted by Crippen LogP contribution is 2.44. The van der Waals surface area contributed by atoms with Crippen LogP contribution in [0.15, 0.2) is 9.98 Å². The molecule has 5 rings (SSSR count). The van der Waals surface area contributed by atoms with E-state index >= 15 is 0 Å². The molecule has 2 saturated carbocycles. The molecule has 0 aromatic carbocycles. The maximum absolute atomic E-state index is 6.43. The Kier molecular flexibility index (Phi) is 6.51. The molecule has 3 heterocycles. The number of fused-ring (bicyclic) bond motifs is 2. The molecule has 0 radical (unpaired) electrons. The number of nitrogens with zero attached hydrogens (tertiary/aromatic N) is 2. The summed E-state index contributed by atoms with van der Waals surface area (Å²) in [6.45, 7) is 4.39. The second-order valence-electron chi connectivity index (χ2n) is 10.4. The number of aliphatic imine (C=N–C) groups is 2. The Balaban J connectivity index is 1.12. The van der Waals surface area contributed by atoms with Crippen LogP contribution in [0.1, 0.15) is 58.3 Å². The lowest BCUT2D eigenvalue weighted by atomic mass is 9.70. The summed E-state index contributed by atoms with van der Waals surface area (Å²) in [5.41, 5.74) is 11.5. The predicted molar refractivity (Wildman–Crippen MR) is 122 cm³/mol. The average Bonchev–Trinajstić information content (AvgIpc) is 3.41. The van der Waals surface area contributed by atoms with E-state index in [0.29, 0.717) is 24.7 Å². The van der Waals surface area contributed by atoms with Crippen molar-refractivity contribution < 1.29 is 9.47 Å². The summed E-state index contributed by atoms with van der Waals surface area (Å²) in [7, 11) is 0. The maximum atomic E-state index is 6.43. The molecule has 8 nitrogen and oxygen atoms in total. The van der Waals surface area contributed by atoms with Crippen LogP contribution < -0.4 is 22.1 Å². The van der Waals surface area contributed by atoms with Crippen molar-refractivity contribution >= 4 is 11.8 Å². The van der Waals surface area contributed by atoms with Crippen molar-refractivity contribution in [3.63, 3.8) is 0 Å². The van der Waals surface area contributed by atoms with Crippen LogP contribution in [0.5, 0.6) is 0 Å². The van der Waals surface area contributed by atoms with Gasteiger partial charge in [-0.15, -0.1) is 0 Å². The Labute approximate surface area is 186 Å². The predicted octanol–water partition coefficient (Wildman–Crippen LogP) is 1.34. The third-order valence-corrected chi connectivity index (χ3v) is 8.21. The van der Waals surface area contributed by atoms with Gasteiger partial charge in [0.1, 0.15) is 12.2 Å². The molecule has 0 aromatic rings. The fourth-order valence-electron chi connectivity index (χ4n) is 6.31. The SMILES string of the molecule is CC(CNCN)C1=NC2CCC(C3CCC4N=C(C5CCC(N)NC5)OC4C3)CC2O1. The van der Waals surface area contributed by atoms with Crippen LogP contribution in [-0.2, 0) is 9.47 Å². The van der Waals surface area contributed by atoms with Crippen LogP contribution in [0.4, 0.5) is 0 Å². The quantitative estimate of drug-likeness (QED) is 0.470. The van der Waals surface area contributed by atoms with Crippen molar-refractivity contribution in [2.75, 3.05) is 19.8 Å². The highest BCUT2D eigenvalue weighted by Gasteiger charge is 2.45. The van der Waals surface area contributed by atoms with Crippen LogP contribution in [0, 0.1) is 23.7 Å². The average molecular weight is 433 g/mol. The molecule has 9 atom stereocenters. The minimum absolute atomic E-state index is 0.127. The molecule has 9 unspecified atom stereocenters. The molecule has 3 fully saturated rings. The number of hydrogen-bond donors (Lipinski definition) is 4. The van der Waals surface area contributed by atoms with Crippen LogP contribution >= 0.6 is 0 Å².